The molecule has 2 aromatic heterocycles. The summed E-state index contributed by atoms with van der Waals surface area (Å²) in [6.45, 7) is 6.59. The summed E-state index contributed by atoms with van der Waals surface area (Å²) in [4.78, 5) is 42.7. The zero-order valence-corrected chi connectivity index (χ0v) is 18.3. The Hall–Kier alpha value is -2.84. The third kappa shape index (κ3) is 5.08. The fourth-order valence-corrected chi connectivity index (χ4v) is 4.39. The van der Waals surface area contributed by atoms with Gasteiger partial charge in [-0.2, -0.15) is 4.98 Å². The number of piperidine rings is 2. The summed E-state index contributed by atoms with van der Waals surface area (Å²) < 4.78 is 5.10. The Morgan fingerprint density at radius 2 is 1.84 bits per heavy atom. The first kappa shape index (κ1) is 21.4. The standard InChI is InChI=1S/C22H30N6O3/c1-15-18(22(30)27-10-4-3-5-11-27)13-23-21(24-15)17-7-6-12-28(14-17)20(29)9-8-19-25-16(2)26-31-19/h13,17H,3-12,14H2,1-2H3/t17-/m0/s1. The van der Waals surface area contributed by atoms with Gasteiger partial charge in [0.05, 0.1) is 11.3 Å². The first-order valence-corrected chi connectivity index (χ1v) is 11.2. The average molecular weight is 427 g/mol. The SMILES string of the molecule is Cc1noc(CCC(=O)N2CCC[C@H](c3ncc(C(=O)N4CCCCC4)c(C)n3)C2)n1. The van der Waals surface area contributed by atoms with Crippen molar-refractivity contribution < 1.29 is 14.1 Å². The van der Waals surface area contributed by atoms with Crippen LogP contribution >= 0.6 is 0 Å². The Bertz CT molecular complexity index is 937. The van der Waals surface area contributed by atoms with Crippen LogP contribution in [-0.4, -0.2) is 67.9 Å². The molecule has 0 saturated carbocycles. The molecule has 0 spiro atoms. The molecule has 9 nitrogen and oxygen atoms in total. The topological polar surface area (TPSA) is 105 Å². The predicted octanol–water partition coefficient (Wildman–Crippen LogP) is 2.44. The predicted molar refractivity (Wildman–Crippen MR) is 112 cm³/mol. The molecule has 0 radical (unpaired) electrons. The second-order valence-electron chi connectivity index (χ2n) is 8.49. The highest BCUT2D eigenvalue weighted by atomic mass is 16.5. The summed E-state index contributed by atoms with van der Waals surface area (Å²) in [5, 5.41) is 3.76. The molecule has 4 rings (SSSR count). The number of hydrogen-bond acceptors (Lipinski definition) is 7. The van der Waals surface area contributed by atoms with E-state index in [9.17, 15) is 9.59 Å². The third-order valence-corrected chi connectivity index (χ3v) is 6.13. The number of likely N-dealkylation sites (tertiary alicyclic amines) is 2. The Kier molecular flexibility index (Phi) is 6.58. The summed E-state index contributed by atoms with van der Waals surface area (Å²) in [6.07, 6.45) is 7.61. The summed E-state index contributed by atoms with van der Waals surface area (Å²) in [5.41, 5.74) is 1.31. The second-order valence-corrected chi connectivity index (χ2v) is 8.49. The smallest absolute Gasteiger partial charge is 0.257 e. The van der Waals surface area contributed by atoms with E-state index in [1.165, 1.54) is 6.42 Å². The van der Waals surface area contributed by atoms with Crippen molar-refractivity contribution in [2.24, 2.45) is 0 Å². The van der Waals surface area contributed by atoms with Crippen molar-refractivity contribution in [2.75, 3.05) is 26.2 Å². The third-order valence-electron chi connectivity index (χ3n) is 6.13. The lowest BCUT2D eigenvalue weighted by atomic mass is 9.96. The molecular weight excluding hydrogens is 396 g/mol. The Morgan fingerprint density at radius 3 is 2.55 bits per heavy atom. The van der Waals surface area contributed by atoms with Crippen LogP contribution in [-0.2, 0) is 11.2 Å². The summed E-state index contributed by atoms with van der Waals surface area (Å²) in [7, 11) is 0. The minimum atomic E-state index is 0.0282. The van der Waals surface area contributed by atoms with Crippen LogP contribution in [0.5, 0.6) is 0 Å². The number of nitrogens with zero attached hydrogens (tertiary/aromatic N) is 6. The molecule has 31 heavy (non-hydrogen) atoms. The van der Waals surface area contributed by atoms with E-state index >= 15 is 0 Å². The highest BCUT2D eigenvalue weighted by molar-refractivity contribution is 5.95. The molecule has 2 saturated heterocycles. The maximum Gasteiger partial charge on any atom is 0.257 e. The largest absolute Gasteiger partial charge is 0.342 e. The Morgan fingerprint density at radius 1 is 1.06 bits per heavy atom. The number of rotatable bonds is 5. The van der Waals surface area contributed by atoms with Gasteiger partial charge in [-0.05, 0) is 46.0 Å². The van der Waals surface area contributed by atoms with Crippen LogP contribution in [0.15, 0.2) is 10.7 Å². The van der Waals surface area contributed by atoms with Gasteiger partial charge in [-0.3, -0.25) is 9.59 Å². The second kappa shape index (κ2) is 9.53. The summed E-state index contributed by atoms with van der Waals surface area (Å²) >= 11 is 0. The molecular formula is C22H30N6O3. The van der Waals surface area contributed by atoms with Crippen molar-refractivity contribution in [1.29, 1.82) is 0 Å². The Balaban J connectivity index is 1.37. The van der Waals surface area contributed by atoms with Crippen molar-refractivity contribution in [2.45, 2.75) is 64.7 Å². The lowest BCUT2D eigenvalue weighted by molar-refractivity contribution is -0.132. The van der Waals surface area contributed by atoms with Crippen LogP contribution in [0.3, 0.4) is 0 Å². The van der Waals surface area contributed by atoms with E-state index in [0.717, 1.165) is 56.8 Å². The molecule has 0 N–H and O–H groups in total. The minimum absolute atomic E-state index is 0.0282. The molecule has 4 heterocycles. The van der Waals surface area contributed by atoms with Gasteiger partial charge < -0.3 is 14.3 Å². The van der Waals surface area contributed by atoms with E-state index in [1.807, 2.05) is 16.7 Å². The zero-order chi connectivity index (χ0) is 21.8. The quantitative estimate of drug-likeness (QED) is 0.723. The molecule has 2 aromatic rings. The Labute approximate surface area is 182 Å². The van der Waals surface area contributed by atoms with Gasteiger partial charge in [0, 0.05) is 51.1 Å². The highest BCUT2D eigenvalue weighted by Crippen LogP contribution is 2.26. The molecule has 0 unspecified atom stereocenters. The van der Waals surface area contributed by atoms with Gasteiger partial charge in [0.15, 0.2) is 5.82 Å². The summed E-state index contributed by atoms with van der Waals surface area (Å²) in [6, 6.07) is 0. The normalized spacial score (nSPS) is 19.5. The van der Waals surface area contributed by atoms with Crippen molar-refractivity contribution in [1.82, 2.24) is 29.9 Å². The lowest BCUT2D eigenvalue weighted by Crippen LogP contribution is -2.40. The maximum absolute atomic E-state index is 12.8. The molecule has 2 aliphatic heterocycles. The van der Waals surface area contributed by atoms with Crippen molar-refractivity contribution in [3.05, 3.63) is 35.0 Å². The maximum atomic E-state index is 12.8. The van der Waals surface area contributed by atoms with Crippen LogP contribution in [0.25, 0.3) is 0 Å². The molecule has 2 amide bonds. The molecule has 0 aliphatic carbocycles. The number of aryl methyl sites for hydroxylation is 3. The fraction of sp³-hybridized carbons (Fsp3) is 0.636. The van der Waals surface area contributed by atoms with Crippen LogP contribution in [0.1, 0.15) is 78.0 Å². The van der Waals surface area contributed by atoms with Gasteiger partial charge in [0.25, 0.3) is 5.91 Å². The molecule has 0 aromatic carbocycles. The highest BCUT2D eigenvalue weighted by Gasteiger charge is 2.28. The van der Waals surface area contributed by atoms with E-state index in [4.69, 9.17) is 4.52 Å². The van der Waals surface area contributed by atoms with E-state index in [-0.39, 0.29) is 17.7 Å². The number of amides is 2. The van der Waals surface area contributed by atoms with E-state index in [0.29, 0.717) is 36.7 Å². The molecule has 166 valence electrons. The zero-order valence-electron chi connectivity index (χ0n) is 18.3. The lowest BCUT2D eigenvalue weighted by Gasteiger charge is -2.32. The molecule has 2 fully saturated rings. The van der Waals surface area contributed by atoms with Crippen LogP contribution < -0.4 is 0 Å². The number of carbonyl (C=O) groups is 2. The van der Waals surface area contributed by atoms with Crippen molar-refractivity contribution in [3.8, 4) is 0 Å². The van der Waals surface area contributed by atoms with Gasteiger partial charge in [-0.25, -0.2) is 9.97 Å². The van der Waals surface area contributed by atoms with Crippen LogP contribution in [0.2, 0.25) is 0 Å². The monoisotopic (exact) mass is 426 g/mol. The minimum Gasteiger partial charge on any atom is -0.342 e. The fourth-order valence-electron chi connectivity index (χ4n) is 4.39. The number of carbonyl (C=O) groups excluding carboxylic acids is 2. The van der Waals surface area contributed by atoms with E-state index < -0.39 is 0 Å². The molecule has 2 aliphatic rings. The summed E-state index contributed by atoms with van der Waals surface area (Å²) in [5.74, 6) is 1.98. The van der Waals surface area contributed by atoms with E-state index in [1.54, 1.807) is 13.1 Å². The average Bonchev–Trinajstić information content (AvgIpc) is 3.22. The number of hydrogen-bond donors (Lipinski definition) is 0. The van der Waals surface area contributed by atoms with E-state index in [2.05, 4.69) is 20.1 Å². The first-order valence-electron chi connectivity index (χ1n) is 11.2. The van der Waals surface area contributed by atoms with Crippen LogP contribution in [0.4, 0.5) is 0 Å². The van der Waals surface area contributed by atoms with Gasteiger partial charge in [0.2, 0.25) is 11.8 Å². The van der Waals surface area contributed by atoms with Crippen molar-refractivity contribution >= 4 is 11.8 Å². The van der Waals surface area contributed by atoms with Gasteiger partial charge in [-0.15, -0.1) is 0 Å². The molecule has 1 atom stereocenters. The van der Waals surface area contributed by atoms with Gasteiger partial charge in [0.1, 0.15) is 5.82 Å². The van der Waals surface area contributed by atoms with Gasteiger partial charge in [-0.1, -0.05) is 5.16 Å². The van der Waals surface area contributed by atoms with Crippen LogP contribution in [0, 0.1) is 13.8 Å². The number of aromatic nitrogens is 4. The van der Waals surface area contributed by atoms with Gasteiger partial charge >= 0.3 is 0 Å². The van der Waals surface area contributed by atoms with Crippen molar-refractivity contribution in [3.63, 3.8) is 0 Å². The first-order chi connectivity index (χ1) is 15.0. The molecule has 9 heteroatoms. The molecule has 0 bridgehead atoms.